The van der Waals surface area contributed by atoms with Gasteiger partial charge >= 0.3 is 5.97 Å². The first-order valence-electron chi connectivity index (χ1n) is 7.35. The largest absolute Gasteiger partial charge is 0.457 e. The highest BCUT2D eigenvalue weighted by Crippen LogP contribution is 2.33. The molecule has 0 saturated carbocycles. The van der Waals surface area contributed by atoms with Gasteiger partial charge in [0.25, 0.3) is 0 Å². The van der Waals surface area contributed by atoms with Crippen LogP contribution in [0.4, 0.5) is 0 Å². The van der Waals surface area contributed by atoms with Crippen LogP contribution in [0.3, 0.4) is 0 Å². The average Bonchev–Trinajstić information content (AvgIpc) is 2.42. The maximum atomic E-state index is 11.7. The van der Waals surface area contributed by atoms with Gasteiger partial charge in [0.05, 0.1) is 6.61 Å². The fourth-order valence-electron chi connectivity index (χ4n) is 2.60. The van der Waals surface area contributed by atoms with Crippen LogP contribution in [0.2, 0.25) is 0 Å². The summed E-state index contributed by atoms with van der Waals surface area (Å²) in [6.07, 6.45) is -3.21. The Hall–Kier alpha value is -1.22. The Morgan fingerprint density at radius 1 is 1.41 bits per heavy atom. The van der Waals surface area contributed by atoms with Crippen LogP contribution in [0.15, 0.2) is 0 Å². The fraction of sp³-hybridized carbons (Fsp3) is 0.857. The van der Waals surface area contributed by atoms with Crippen LogP contribution in [0.25, 0.3) is 0 Å². The van der Waals surface area contributed by atoms with E-state index in [-0.39, 0.29) is 18.9 Å². The molecule has 0 aromatic heterocycles. The minimum Gasteiger partial charge on any atom is -0.457 e. The summed E-state index contributed by atoms with van der Waals surface area (Å²) < 4.78 is 22.2. The predicted molar refractivity (Wildman–Crippen MR) is 73.6 cm³/mol. The number of aliphatic hydroxyl groups excluding tert-OH is 1. The molecule has 2 saturated heterocycles. The molecule has 0 unspecified atom stereocenters. The quantitative estimate of drug-likeness (QED) is 0.688. The molecule has 0 radical (unpaired) electrons. The Balaban J connectivity index is 2.25. The van der Waals surface area contributed by atoms with E-state index in [9.17, 15) is 14.7 Å². The molecule has 5 atom stereocenters. The first-order chi connectivity index (χ1) is 10.2. The monoisotopic (exact) mass is 317 g/mol. The van der Waals surface area contributed by atoms with Crippen molar-refractivity contribution in [1.82, 2.24) is 5.32 Å². The third-order valence-corrected chi connectivity index (χ3v) is 3.61. The van der Waals surface area contributed by atoms with Gasteiger partial charge in [-0.05, 0) is 13.8 Å². The molecule has 22 heavy (non-hydrogen) atoms. The van der Waals surface area contributed by atoms with E-state index < -0.39 is 42.4 Å². The Bertz CT molecular complexity index is 439. The summed E-state index contributed by atoms with van der Waals surface area (Å²) in [4.78, 5) is 23.1. The standard InChI is InChI=1S/C14H23NO7/c1-5-9(17)21-12-10(15-7(2)16)13(18)20-8-6-19-14(3,4)22-11(8)12/h8,10-13,18H,5-6H2,1-4H3,(H,15,16)/t8-,10-,11+,12-,13+/m1/s1. The number of esters is 1. The maximum absolute atomic E-state index is 11.7. The highest BCUT2D eigenvalue weighted by atomic mass is 16.7. The maximum Gasteiger partial charge on any atom is 0.305 e. The van der Waals surface area contributed by atoms with Crippen molar-refractivity contribution >= 4 is 11.9 Å². The second kappa shape index (κ2) is 6.49. The van der Waals surface area contributed by atoms with E-state index >= 15 is 0 Å². The molecule has 126 valence electrons. The lowest BCUT2D eigenvalue weighted by molar-refractivity contribution is -0.364. The van der Waals surface area contributed by atoms with Crippen molar-refractivity contribution in [2.45, 2.75) is 70.5 Å². The van der Waals surface area contributed by atoms with E-state index in [1.54, 1.807) is 20.8 Å². The number of carbonyl (C=O) groups is 2. The number of aliphatic hydroxyl groups is 1. The molecule has 2 aliphatic heterocycles. The zero-order valence-electron chi connectivity index (χ0n) is 13.2. The summed E-state index contributed by atoms with van der Waals surface area (Å²) in [5.74, 6) is -1.68. The van der Waals surface area contributed by atoms with Crippen molar-refractivity contribution in [1.29, 1.82) is 0 Å². The van der Waals surface area contributed by atoms with Gasteiger partial charge in [-0.1, -0.05) is 6.92 Å². The zero-order valence-corrected chi connectivity index (χ0v) is 13.2. The Labute approximate surface area is 129 Å². The summed E-state index contributed by atoms with van der Waals surface area (Å²) >= 11 is 0. The van der Waals surface area contributed by atoms with E-state index in [0.717, 1.165) is 0 Å². The van der Waals surface area contributed by atoms with Crippen LogP contribution in [0, 0.1) is 0 Å². The van der Waals surface area contributed by atoms with Gasteiger partial charge in [0.15, 0.2) is 18.2 Å². The number of hydrogen-bond donors (Lipinski definition) is 2. The molecule has 2 N–H and O–H groups in total. The first-order valence-corrected chi connectivity index (χ1v) is 7.35. The number of nitrogens with one attached hydrogen (secondary N) is 1. The van der Waals surface area contributed by atoms with Gasteiger partial charge < -0.3 is 29.4 Å². The van der Waals surface area contributed by atoms with Gasteiger partial charge in [-0.3, -0.25) is 9.59 Å². The molecule has 2 rings (SSSR count). The lowest BCUT2D eigenvalue weighted by Gasteiger charge is -2.49. The lowest BCUT2D eigenvalue weighted by atomic mass is 9.95. The van der Waals surface area contributed by atoms with Crippen molar-refractivity contribution in [3.05, 3.63) is 0 Å². The van der Waals surface area contributed by atoms with Crippen molar-refractivity contribution in [3.8, 4) is 0 Å². The Morgan fingerprint density at radius 2 is 2.09 bits per heavy atom. The van der Waals surface area contributed by atoms with E-state index in [1.165, 1.54) is 6.92 Å². The molecular weight excluding hydrogens is 294 g/mol. The molecule has 2 aliphatic rings. The van der Waals surface area contributed by atoms with Crippen molar-refractivity contribution in [2.75, 3.05) is 6.61 Å². The lowest BCUT2D eigenvalue weighted by Crippen LogP contribution is -2.68. The van der Waals surface area contributed by atoms with Crippen LogP contribution in [-0.4, -0.2) is 60.0 Å². The normalized spacial score (nSPS) is 37.0. The smallest absolute Gasteiger partial charge is 0.305 e. The third kappa shape index (κ3) is 3.75. The summed E-state index contributed by atoms with van der Waals surface area (Å²) in [7, 11) is 0. The second-order valence-corrected chi connectivity index (χ2v) is 5.89. The van der Waals surface area contributed by atoms with Gasteiger partial charge in [-0.15, -0.1) is 0 Å². The Kier molecular flexibility index (Phi) is 5.06. The number of ether oxygens (including phenoxy) is 4. The molecule has 0 bridgehead atoms. The van der Waals surface area contributed by atoms with E-state index in [0.29, 0.717) is 0 Å². The number of hydrogen-bond acceptors (Lipinski definition) is 7. The highest BCUT2D eigenvalue weighted by Gasteiger charge is 2.53. The highest BCUT2D eigenvalue weighted by molar-refractivity contribution is 5.73. The molecule has 8 nitrogen and oxygen atoms in total. The minimum atomic E-state index is -1.31. The van der Waals surface area contributed by atoms with Gasteiger partial charge in [0.1, 0.15) is 18.2 Å². The number of amides is 1. The molecule has 0 aromatic rings. The summed E-state index contributed by atoms with van der Waals surface area (Å²) in [6.45, 7) is 6.65. The van der Waals surface area contributed by atoms with Crippen molar-refractivity contribution < 1.29 is 33.6 Å². The van der Waals surface area contributed by atoms with Crippen molar-refractivity contribution in [2.24, 2.45) is 0 Å². The van der Waals surface area contributed by atoms with Crippen LogP contribution in [0.1, 0.15) is 34.1 Å². The van der Waals surface area contributed by atoms with Crippen LogP contribution in [-0.2, 0) is 28.5 Å². The molecule has 2 fully saturated rings. The van der Waals surface area contributed by atoms with Crippen LogP contribution >= 0.6 is 0 Å². The topological polar surface area (TPSA) is 103 Å². The van der Waals surface area contributed by atoms with E-state index in [1.807, 2.05) is 0 Å². The second-order valence-electron chi connectivity index (χ2n) is 5.89. The molecular formula is C14H23NO7. The average molecular weight is 317 g/mol. The Morgan fingerprint density at radius 3 is 2.68 bits per heavy atom. The fourth-order valence-corrected chi connectivity index (χ4v) is 2.60. The van der Waals surface area contributed by atoms with Gasteiger partial charge in [-0.25, -0.2) is 0 Å². The molecule has 0 spiro atoms. The number of fused-ring (bicyclic) bond motifs is 1. The van der Waals surface area contributed by atoms with Gasteiger partial charge in [-0.2, -0.15) is 0 Å². The molecule has 2 heterocycles. The first kappa shape index (κ1) is 17.1. The summed E-state index contributed by atoms with van der Waals surface area (Å²) in [5, 5.41) is 12.7. The number of rotatable bonds is 3. The molecule has 8 heteroatoms. The van der Waals surface area contributed by atoms with Gasteiger partial charge in [0, 0.05) is 13.3 Å². The predicted octanol–water partition coefficient (Wildman–Crippen LogP) is -0.318. The van der Waals surface area contributed by atoms with E-state index in [2.05, 4.69) is 5.32 Å². The number of carbonyl (C=O) groups excluding carboxylic acids is 2. The SMILES string of the molecule is CCC(=O)O[C@@H]1[C@@H](NC(C)=O)[C@@H](O)O[C@@H]2COC(C)(C)O[C@H]12. The molecule has 0 aliphatic carbocycles. The van der Waals surface area contributed by atoms with Gasteiger partial charge in [0.2, 0.25) is 5.91 Å². The van der Waals surface area contributed by atoms with Crippen LogP contribution < -0.4 is 5.32 Å². The minimum absolute atomic E-state index is 0.178. The van der Waals surface area contributed by atoms with E-state index in [4.69, 9.17) is 18.9 Å². The van der Waals surface area contributed by atoms with Crippen LogP contribution in [0.5, 0.6) is 0 Å². The molecule has 0 aromatic carbocycles. The molecule has 1 amide bonds. The summed E-state index contributed by atoms with van der Waals surface area (Å²) in [6, 6.07) is -0.900. The summed E-state index contributed by atoms with van der Waals surface area (Å²) in [5.41, 5.74) is 0. The zero-order chi connectivity index (χ0) is 16.5. The third-order valence-electron chi connectivity index (χ3n) is 3.61. The van der Waals surface area contributed by atoms with Crippen molar-refractivity contribution in [3.63, 3.8) is 0 Å².